The van der Waals surface area contributed by atoms with E-state index in [2.05, 4.69) is 180 Å². The molecule has 3 nitrogen and oxygen atoms in total. The van der Waals surface area contributed by atoms with E-state index in [0.717, 1.165) is 11.1 Å². The van der Waals surface area contributed by atoms with Crippen molar-refractivity contribution >= 4 is 43.1 Å². The first-order chi connectivity index (χ1) is 25.7. The molecule has 9 aromatic rings. The number of rotatable bonds is 9. The van der Waals surface area contributed by atoms with Gasteiger partial charge >= 0.3 is 0 Å². The first-order valence-electron chi connectivity index (χ1n) is 18.0. The number of fused-ring (bicyclic) bond motifs is 5. The van der Waals surface area contributed by atoms with Gasteiger partial charge in [0.15, 0.2) is 0 Å². The zero-order chi connectivity index (χ0) is 34.9. The van der Waals surface area contributed by atoms with Gasteiger partial charge in [-0.25, -0.2) is 0 Å². The van der Waals surface area contributed by atoms with Gasteiger partial charge in [0, 0.05) is 6.54 Å². The molecule has 0 aliphatic rings. The highest BCUT2D eigenvalue weighted by molar-refractivity contribution is 6.20. The molecule has 0 aromatic heterocycles. The minimum absolute atomic E-state index is 0.183. The van der Waals surface area contributed by atoms with Crippen LogP contribution in [0.25, 0.3) is 65.3 Å². The summed E-state index contributed by atoms with van der Waals surface area (Å²) in [5, 5.41) is 17.5. The highest BCUT2D eigenvalue weighted by atomic mass is 15.2. The summed E-state index contributed by atoms with van der Waals surface area (Å²) in [7, 11) is 0. The second-order valence-corrected chi connectivity index (χ2v) is 13.6. The first-order valence-corrected chi connectivity index (χ1v) is 18.0. The smallest absolute Gasteiger partial charge is 0.0852 e. The third-order valence-corrected chi connectivity index (χ3v) is 10.4. The predicted molar refractivity (Wildman–Crippen MR) is 220 cm³/mol. The van der Waals surface area contributed by atoms with E-state index in [0.29, 0.717) is 6.54 Å². The van der Waals surface area contributed by atoms with E-state index in [-0.39, 0.29) is 12.3 Å². The van der Waals surface area contributed by atoms with E-state index in [1.807, 2.05) is 18.2 Å². The van der Waals surface area contributed by atoms with Crippen LogP contribution < -0.4 is 16.4 Å². The average molecular weight is 670 g/mol. The Labute approximate surface area is 304 Å². The van der Waals surface area contributed by atoms with Crippen molar-refractivity contribution in [3.05, 3.63) is 205 Å². The zero-order valence-electron chi connectivity index (χ0n) is 28.8. The molecule has 0 aliphatic carbocycles. The molecule has 0 amide bonds. The molecular formula is C49H39N3. The second kappa shape index (κ2) is 13.9. The Hall–Kier alpha value is -6.10. The van der Waals surface area contributed by atoms with Gasteiger partial charge in [0.1, 0.15) is 0 Å². The number of benzene rings is 9. The van der Waals surface area contributed by atoms with Crippen LogP contribution in [0.1, 0.15) is 29.0 Å². The summed E-state index contributed by atoms with van der Waals surface area (Å²) in [4.78, 5) is 0. The lowest BCUT2D eigenvalue weighted by Crippen LogP contribution is -2.39. The van der Waals surface area contributed by atoms with Crippen LogP contribution in [0.2, 0.25) is 0 Å². The zero-order valence-corrected chi connectivity index (χ0v) is 28.8. The van der Waals surface area contributed by atoms with Gasteiger partial charge in [-0.05, 0) is 94.2 Å². The van der Waals surface area contributed by atoms with E-state index in [1.165, 1.54) is 70.9 Å². The number of hydrogen-bond donors (Lipinski definition) is 3. The predicted octanol–water partition coefficient (Wildman–Crippen LogP) is 11.7. The van der Waals surface area contributed by atoms with Crippen LogP contribution in [0.4, 0.5) is 0 Å². The van der Waals surface area contributed by atoms with Crippen LogP contribution in [0.3, 0.4) is 0 Å². The fraction of sp³-hybridized carbons (Fsp3) is 0.0612. The van der Waals surface area contributed by atoms with E-state index in [9.17, 15) is 0 Å². The quantitative estimate of drug-likeness (QED) is 0.0814. The van der Waals surface area contributed by atoms with Gasteiger partial charge in [0.2, 0.25) is 0 Å². The lowest BCUT2D eigenvalue weighted by atomic mass is 9.89. The van der Waals surface area contributed by atoms with Gasteiger partial charge in [-0.15, -0.1) is 0 Å². The molecule has 0 saturated heterocycles. The first kappa shape index (κ1) is 31.9. The van der Waals surface area contributed by atoms with E-state index in [1.54, 1.807) is 0 Å². The summed E-state index contributed by atoms with van der Waals surface area (Å²) in [5.74, 6) is 0. The molecule has 0 radical (unpaired) electrons. The number of nitrogens with one attached hydrogen (secondary N) is 2. The van der Waals surface area contributed by atoms with Crippen molar-refractivity contribution in [2.75, 3.05) is 0 Å². The van der Waals surface area contributed by atoms with Crippen LogP contribution in [0.15, 0.2) is 188 Å². The van der Waals surface area contributed by atoms with Gasteiger partial charge in [0.05, 0.1) is 12.3 Å². The van der Waals surface area contributed by atoms with Gasteiger partial charge in [-0.2, -0.15) is 0 Å². The Morgan fingerprint density at radius 3 is 1.81 bits per heavy atom. The van der Waals surface area contributed by atoms with E-state index < -0.39 is 0 Å². The normalized spacial score (nSPS) is 12.8. The maximum Gasteiger partial charge on any atom is 0.0852 e. The minimum Gasteiger partial charge on any atom is -0.312 e. The summed E-state index contributed by atoms with van der Waals surface area (Å²) in [6, 6.07) is 67.5. The molecule has 2 unspecified atom stereocenters. The van der Waals surface area contributed by atoms with Gasteiger partial charge in [0.25, 0.3) is 0 Å². The van der Waals surface area contributed by atoms with Crippen LogP contribution >= 0.6 is 0 Å². The molecule has 3 heteroatoms. The van der Waals surface area contributed by atoms with Crippen molar-refractivity contribution in [3.63, 3.8) is 0 Å². The van der Waals surface area contributed by atoms with Crippen LogP contribution in [-0.4, -0.2) is 0 Å². The van der Waals surface area contributed by atoms with Crippen LogP contribution in [-0.2, 0) is 6.54 Å². The van der Waals surface area contributed by atoms with Crippen LogP contribution in [0, 0.1) is 0 Å². The van der Waals surface area contributed by atoms with Crippen molar-refractivity contribution in [2.24, 2.45) is 5.73 Å². The van der Waals surface area contributed by atoms with Gasteiger partial charge in [-0.1, -0.05) is 176 Å². The Morgan fingerprint density at radius 2 is 1.02 bits per heavy atom. The molecule has 0 bridgehead atoms. The maximum atomic E-state index is 6.77. The Bertz CT molecular complexity index is 2660. The SMILES string of the molecule is NC(NC(NCc1ccc(-c2ccc3ccccc3c2)cc1)c1ccc(-c2c3ccccc3cc3c2ccc2ccccc23)cc1)c1ccccc1. The minimum atomic E-state index is -0.344. The molecule has 9 aromatic carbocycles. The molecule has 0 spiro atoms. The summed E-state index contributed by atoms with van der Waals surface area (Å²) < 4.78 is 0. The van der Waals surface area contributed by atoms with Crippen LogP contribution in [0.5, 0.6) is 0 Å². The number of nitrogens with two attached hydrogens (primary N) is 1. The average Bonchev–Trinajstić information content (AvgIpc) is 3.22. The van der Waals surface area contributed by atoms with Gasteiger partial charge in [-0.3, -0.25) is 10.6 Å². The highest BCUT2D eigenvalue weighted by Crippen LogP contribution is 2.39. The summed E-state index contributed by atoms with van der Waals surface area (Å²) in [5.41, 5.74) is 15.0. The van der Waals surface area contributed by atoms with Crippen molar-refractivity contribution in [1.82, 2.24) is 10.6 Å². The Morgan fingerprint density at radius 1 is 0.404 bits per heavy atom. The van der Waals surface area contributed by atoms with Crippen molar-refractivity contribution in [3.8, 4) is 22.3 Å². The van der Waals surface area contributed by atoms with Crippen molar-refractivity contribution < 1.29 is 0 Å². The molecule has 0 saturated carbocycles. The Kier molecular flexibility index (Phi) is 8.51. The molecular weight excluding hydrogens is 631 g/mol. The molecule has 52 heavy (non-hydrogen) atoms. The third-order valence-electron chi connectivity index (χ3n) is 10.4. The standard InChI is InChI=1S/C49H39N3/c50-48(38-12-2-1-3-13-38)52-49(51-32-33-18-20-35(21-19-33)41-27-22-34-10-4-5-14-40(34)30-41)39-25-23-37(24-26-39)47-44-17-9-7-15-42(44)31-46-43-16-8-6-11-36(43)28-29-45(46)47/h1-31,48-49,51-52H,32,50H2. The summed E-state index contributed by atoms with van der Waals surface area (Å²) in [6.07, 6.45) is -0.526. The molecule has 2 atom stereocenters. The number of hydrogen-bond acceptors (Lipinski definition) is 3. The van der Waals surface area contributed by atoms with Crippen molar-refractivity contribution in [1.29, 1.82) is 0 Å². The molecule has 250 valence electrons. The summed E-state index contributed by atoms with van der Waals surface area (Å²) >= 11 is 0. The lowest BCUT2D eigenvalue weighted by Gasteiger charge is -2.26. The maximum absolute atomic E-state index is 6.77. The largest absolute Gasteiger partial charge is 0.312 e. The lowest BCUT2D eigenvalue weighted by molar-refractivity contribution is 0.386. The monoisotopic (exact) mass is 669 g/mol. The fourth-order valence-electron chi connectivity index (χ4n) is 7.59. The van der Waals surface area contributed by atoms with Crippen molar-refractivity contribution in [2.45, 2.75) is 18.9 Å². The Balaban J connectivity index is 1.03. The van der Waals surface area contributed by atoms with E-state index >= 15 is 0 Å². The van der Waals surface area contributed by atoms with Gasteiger partial charge < -0.3 is 5.73 Å². The topological polar surface area (TPSA) is 50.1 Å². The van der Waals surface area contributed by atoms with E-state index in [4.69, 9.17) is 5.73 Å². The molecule has 4 N–H and O–H groups in total. The fourth-order valence-corrected chi connectivity index (χ4v) is 7.59. The molecule has 0 aliphatic heterocycles. The molecule has 0 fully saturated rings. The highest BCUT2D eigenvalue weighted by Gasteiger charge is 2.18. The summed E-state index contributed by atoms with van der Waals surface area (Å²) in [6.45, 7) is 0.681. The second-order valence-electron chi connectivity index (χ2n) is 13.6. The third kappa shape index (κ3) is 6.23. The molecule has 9 rings (SSSR count). The molecule has 0 heterocycles.